The van der Waals surface area contributed by atoms with Crippen molar-refractivity contribution in [3.05, 3.63) is 58.6 Å². The molecule has 0 saturated carbocycles. The number of rotatable bonds is 4. The molecule has 0 radical (unpaired) electrons. The van der Waals surface area contributed by atoms with Gasteiger partial charge < -0.3 is 4.74 Å². The maximum Gasteiger partial charge on any atom is 0.339 e. The summed E-state index contributed by atoms with van der Waals surface area (Å²) in [5, 5.41) is 0.472. The molecule has 0 aliphatic carbocycles. The van der Waals surface area contributed by atoms with Gasteiger partial charge in [0.15, 0.2) is 6.29 Å². The molecule has 20 heavy (non-hydrogen) atoms. The Morgan fingerprint density at radius 1 is 1.20 bits per heavy atom. The number of hydrogen-bond acceptors (Lipinski definition) is 4. The second-order valence-corrected chi connectivity index (χ2v) is 5.33. The molecule has 3 nitrogen and oxygen atoms in total. The first kappa shape index (κ1) is 14.6. The van der Waals surface area contributed by atoms with Gasteiger partial charge >= 0.3 is 5.97 Å². The fraction of sp³-hybridized carbons (Fsp3) is 0.0667. The summed E-state index contributed by atoms with van der Waals surface area (Å²) in [6.45, 7) is 0. The summed E-state index contributed by atoms with van der Waals surface area (Å²) < 4.78 is 4.75. The first-order chi connectivity index (χ1) is 9.67. The van der Waals surface area contributed by atoms with Gasteiger partial charge in [-0.25, -0.2) is 4.79 Å². The van der Waals surface area contributed by atoms with Gasteiger partial charge in [-0.05, 0) is 18.2 Å². The fourth-order valence-corrected chi connectivity index (χ4v) is 3.00. The summed E-state index contributed by atoms with van der Waals surface area (Å²) in [7, 11) is 1.33. The molecule has 0 unspecified atom stereocenters. The summed E-state index contributed by atoms with van der Waals surface area (Å²) in [6.07, 6.45) is 0.745. The minimum absolute atomic E-state index is 0.423. The fourth-order valence-electron chi connectivity index (χ4n) is 1.67. The van der Waals surface area contributed by atoms with Crippen LogP contribution in [0, 0.1) is 0 Å². The third-order valence-corrected chi connectivity index (χ3v) is 4.29. The zero-order chi connectivity index (χ0) is 14.5. The Morgan fingerprint density at radius 3 is 2.65 bits per heavy atom. The van der Waals surface area contributed by atoms with Gasteiger partial charge in [0.25, 0.3) is 0 Å². The summed E-state index contributed by atoms with van der Waals surface area (Å²) in [6, 6.07) is 12.1. The Balaban J connectivity index is 2.46. The zero-order valence-electron chi connectivity index (χ0n) is 10.6. The van der Waals surface area contributed by atoms with E-state index in [0.717, 1.165) is 6.29 Å². The van der Waals surface area contributed by atoms with E-state index in [4.69, 9.17) is 16.3 Å². The van der Waals surface area contributed by atoms with Crippen molar-refractivity contribution in [3.8, 4) is 0 Å². The van der Waals surface area contributed by atoms with Crippen LogP contribution in [-0.2, 0) is 4.74 Å². The maximum absolute atomic E-state index is 11.7. The van der Waals surface area contributed by atoms with Crippen molar-refractivity contribution in [1.29, 1.82) is 0 Å². The van der Waals surface area contributed by atoms with Crippen molar-refractivity contribution >= 4 is 35.6 Å². The number of aldehydes is 1. The zero-order valence-corrected chi connectivity index (χ0v) is 12.2. The van der Waals surface area contributed by atoms with Crippen molar-refractivity contribution < 1.29 is 14.3 Å². The van der Waals surface area contributed by atoms with Crippen LogP contribution in [0.4, 0.5) is 0 Å². The van der Waals surface area contributed by atoms with Crippen LogP contribution in [-0.4, -0.2) is 19.4 Å². The molecule has 5 heteroatoms. The number of ether oxygens (including phenoxy) is 1. The molecule has 2 aromatic carbocycles. The lowest BCUT2D eigenvalue weighted by molar-refractivity contribution is 0.0596. The van der Waals surface area contributed by atoms with Gasteiger partial charge in [-0.1, -0.05) is 47.6 Å². The Bertz CT molecular complexity index is 655. The molecule has 102 valence electrons. The molecule has 0 amide bonds. The quantitative estimate of drug-likeness (QED) is 0.630. The van der Waals surface area contributed by atoms with E-state index in [1.165, 1.54) is 18.9 Å². The lowest BCUT2D eigenvalue weighted by atomic mass is 10.2. The van der Waals surface area contributed by atoms with Crippen LogP contribution in [0.3, 0.4) is 0 Å². The van der Waals surface area contributed by atoms with E-state index in [2.05, 4.69) is 0 Å². The lowest BCUT2D eigenvalue weighted by Crippen LogP contribution is -2.02. The van der Waals surface area contributed by atoms with E-state index in [-0.39, 0.29) is 0 Å². The van der Waals surface area contributed by atoms with Gasteiger partial charge in [-0.2, -0.15) is 0 Å². The average Bonchev–Trinajstić information content (AvgIpc) is 2.49. The molecule has 0 aliphatic heterocycles. The molecular weight excluding hydrogens is 296 g/mol. The highest BCUT2D eigenvalue weighted by molar-refractivity contribution is 7.99. The van der Waals surface area contributed by atoms with E-state index in [1.807, 2.05) is 6.07 Å². The first-order valence-corrected chi connectivity index (χ1v) is 6.95. The molecular formula is C15H11ClO3S. The maximum atomic E-state index is 11.7. The molecule has 0 atom stereocenters. The lowest BCUT2D eigenvalue weighted by Gasteiger charge is -2.10. The average molecular weight is 307 g/mol. The second kappa shape index (κ2) is 6.59. The Morgan fingerprint density at radius 2 is 1.95 bits per heavy atom. The van der Waals surface area contributed by atoms with Gasteiger partial charge in [-0.3, -0.25) is 4.79 Å². The molecule has 0 spiro atoms. The number of carbonyl (C=O) groups excluding carboxylic acids is 2. The minimum Gasteiger partial charge on any atom is -0.465 e. The van der Waals surface area contributed by atoms with Crippen molar-refractivity contribution in [2.75, 3.05) is 7.11 Å². The molecule has 0 N–H and O–H groups in total. The predicted octanol–water partition coefficient (Wildman–Crippen LogP) is 4.09. The minimum atomic E-state index is -0.423. The van der Waals surface area contributed by atoms with E-state index >= 15 is 0 Å². The molecule has 0 saturated heterocycles. The third kappa shape index (κ3) is 3.03. The van der Waals surface area contributed by atoms with Crippen LogP contribution in [0.1, 0.15) is 20.7 Å². The number of halogens is 1. The highest BCUT2D eigenvalue weighted by atomic mass is 35.5. The van der Waals surface area contributed by atoms with Crippen LogP contribution < -0.4 is 0 Å². The molecule has 0 fully saturated rings. The van der Waals surface area contributed by atoms with Crippen LogP contribution in [0.15, 0.2) is 52.3 Å². The summed E-state index contributed by atoms with van der Waals surface area (Å²) in [4.78, 5) is 24.1. The smallest absolute Gasteiger partial charge is 0.339 e. The topological polar surface area (TPSA) is 43.4 Å². The number of benzene rings is 2. The monoisotopic (exact) mass is 306 g/mol. The van der Waals surface area contributed by atoms with Gasteiger partial charge in [0.05, 0.1) is 17.7 Å². The number of methoxy groups -OCH3 is 1. The van der Waals surface area contributed by atoms with Gasteiger partial charge in [0.2, 0.25) is 0 Å². The SMILES string of the molecule is COC(=O)c1ccccc1Sc1c(Cl)cccc1C=O. The van der Waals surface area contributed by atoms with Crippen molar-refractivity contribution in [2.24, 2.45) is 0 Å². The summed E-state index contributed by atoms with van der Waals surface area (Å²) in [5.74, 6) is -0.423. The third-order valence-electron chi connectivity index (χ3n) is 2.63. The van der Waals surface area contributed by atoms with Crippen LogP contribution in [0.2, 0.25) is 5.02 Å². The second-order valence-electron chi connectivity index (χ2n) is 3.87. The molecule has 0 heterocycles. The summed E-state index contributed by atoms with van der Waals surface area (Å²) in [5.41, 5.74) is 0.930. The standard InChI is InChI=1S/C15H11ClO3S/c1-19-15(18)11-6-2-3-8-13(11)20-14-10(9-17)5-4-7-12(14)16/h2-9H,1H3. The van der Waals surface area contributed by atoms with Crippen molar-refractivity contribution in [2.45, 2.75) is 9.79 Å². The molecule has 2 aromatic rings. The van der Waals surface area contributed by atoms with E-state index in [0.29, 0.717) is 25.9 Å². The number of hydrogen-bond donors (Lipinski definition) is 0. The van der Waals surface area contributed by atoms with Crippen LogP contribution in [0.5, 0.6) is 0 Å². The molecule has 0 bridgehead atoms. The van der Waals surface area contributed by atoms with E-state index in [9.17, 15) is 9.59 Å². The first-order valence-electron chi connectivity index (χ1n) is 5.76. The normalized spacial score (nSPS) is 10.1. The Labute approximate surface area is 125 Å². The molecule has 2 rings (SSSR count). The number of esters is 1. The van der Waals surface area contributed by atoms with E-state index < -0.39 is 5.97 Å². The van der Waals surface area contributed by atoms with Gasteiger partial charge in [0.1, 0.15) is 0 Å². The van der Waals surface area contributed by atoms with E-state index in [1.54, 1.807) is 36.4 Å². The molecule has 0 aliphatic rings. The van der Waals surface area contributed by atoms with Gasteiger partial charge in [0, 0.05) is 15.4 Å². The Hall–Kier alpha value is -1.78. The van der Waals surface area contributed by atoms with Crippen molar-refractivity contribution in [3.63, 3.8) is 0 Å². The predicted molar refractivity (Wildman–Crippen MR) is 78.7 cm³/mol. The summed E-state index contributed by atoms with van der Waals surface area (Å²) >= 11 is 7.40. The highest BCUT2D eigenvalue weighted by Gasteiger charge is 2.15. The largest absolute Gasteiger partial charge is 0.465 e. The van der Waals surface area contributed by atoms with Crippen LogP contribution >= 0.6 is 23.4 Å². The van der Waals surface area contributed by atoms with Crippen molar-refractivity contribution in [1.82, 2.24) is 0 Å². The highest BCUT2D eigenvalue weighted by Crippen LogP contribution is 2.37. The molecule has 0 aromatic heterocycles. The van der Waals surface area contributed by atoms with Crippen LogP contribution in [0.25, 0.3) is 0 Å². The van der Waals surface area contributed by atoms with Gasteiger partial charge in [-0.15, -0.1) is 0 Å². The Kier molecular flexibility index (Phi) is 4.82. The number of carbonyl (C=O) groups is 2.